The fourth-order valence-electron chi connectivity index (χ4n) is 2.92. The van der Waals surface area contributed by atoms with Crippen LogP contribution in [0.2, 0.25) is 0 Å². The van der Waals surface area contributed by atoms with Crippen LogP contribution in [0.25, 0.3) is 10.9 Å². The number of hydrogen-bond acceptors (Lipinski definition) is 4. The van der Waals surface area contributed by atoms with Crippen molar-refractivity contribution in [1.29, 1.82) is 0 Å². The first-order valence-electron chi connectivity index (χ1n) is 7.44. The van der Waals surface area contributed by atoms with Gasteiger partial charge in [0.1, 0.15) is 0 Å². The maximum atomic E-state index is 12.9. The minimum Gasteiger partial charge on any atom is -0.314 e. The second-order valence-electron chi connectivity index (χ2n) is 6.04. The van der Waals surface area contributed by atoms with Gasteiger partial charge < -0.3 is 5.32 Å². The molecule has 3 rings (SSSR count). The minimum absolute atomic E-state index is 0.141. The Morgan fingerprint density at radius 2 is 1.95 bits per heavy atom. The lowest BCUT2D eigenvalue weighted by Crippen LogP contribution is -2.57. The van der Waals surface area contributed by atoms with Gasteiger partial charge in [-0.1, -0.05) is 18.2 Å². The van der Waals surface area contributed by atoms with Crippen LogP contribution >= 0.6 is 0 Å². The van der Waals surface area contributed by atoms with Gasteiger partial charge in [0.25, 0.3) is 0 Å². The molecule has 1 aromatic carbocycles. The first-order valence-corrected chi connectivity index (χ1v) is 7.44. The predicted molar refractivity (Wildman–Crippen MR) is 84.6 cm³/mol. The van der Waals surface area contributed by atoms with Crippen molar-refractivity contribution in [2.75, 3.05) is 26.2 Å². The van der Waals surface area contributed by atoms with Crippen LogP contribution in [0.1, 0.15) is 24.2 Å². The van der Waals surface area contributed by atoms with E-state index in [1.54, 1.807) is 6.20 Å². The van der Waals surface area contributed by atoms with Gasteiger partial charge in [-0.3, -0.25) is 14.7 Å². The molecule has 21 heavy (non-hydrogen) atoms. The fourth-order valence-corrected chi connectivity index (χ4v) is 2.92. The number of benzene rings is 1. The number of ketones is 1. The van der Waals surface area contributed by atoms with Crippen LogP contribution in [0, 0.1) is 0 Å². The lowest BCUT2D eigenvalue weighted by atomic mass is 9.91. The summed E-state index contributed by atoms with van der Waals surface area (Å²) in [6.07, 6.45) is 1.70. The number of nitrogens with one attached hydrogen (secondary N) is 1. The molecule has 1 saturated heterocycles. The van der Waals surface area contributed by atoms with E-state index in [9.17, 15) is 4.79 Å². The molecule has 110 valence electrons. The molecule has 4 heteroatoms. The molecule has 0 atom stereocenters. The van der Waals surface area contributed by atoms with Crippen molar-refractivity contribution >= 4 is 16.7 Å². The fraction of sp³-hybridized carbons (Fsp3) is 0.412. The van der Waals surface area contributed by atoms with Crippen LogP contribution in [-0.2, 0) is 0 Å². The number of piperazine rings is 1. The average molecular weight is 283 g/mol. The number of nitrogens with zero attached hydrogens (tertiary/aromatic N) is 2. The van der Waals surface area contributed by atoms with E-state index in [1.807, 2.05) is 44.2 Å². The molecule has 2 aromatic rings. The Bertz CT molecular complexity index is 660. The largest absolute Gasteiger partial charge is 0.314 e. The van der Waals surface area contributed by atoms with Gasteiger partial charge in [0.2, 0.25) is 0 Å². The predicted octanol–water partition coefficient (Wildman–Crippen LogP) is 2.10. The van der Waals surface area contributed by atoms with Gasteiger partial charge in [0, 0.05) is 43.3 Å². The molecule has 0 amide bonds. The highest BCUT2D eigenvalue weighted by atomic mass is 16.1. The summed E-state index contributed by atoms with van der Waals surface area (Å²) in [5.74, 6) is 0.141. The molecule has 0 saturated carbocycles. The van der Waals surface area contributed by atoms with Crippen molar-refractivity contribution in [3.8, 4) is 0 Å². The van der Waals surface area contributed by atoms with Gasteiger partial charge in [-0.2, -0.15) is 0 Å². The molecule has 1 N–H and O–H groups in total. The summed E-state index contributed by atoms with van der Waals surface area (Å²) in [6, 6.07) is 9.85. The van der Waals surface area contributed by atoms with Crippen molar-refractivity contribution < 1.29 is 4.79 Å². The zero-order chi connectivity index (χ0) is 14.9. The number of fused-ring (bicyclic) bond motifs is 1. The Balaban J connectivity index is 1.91. The van der Waals surface area contributed by atoms with E-state index in [0.29, 0.717) is 5.56 Å². The lowest BCUT2D eigenvalue weighted by molar-refractivity contribution is 0.0602. The third kappa shape index (κ3) is 2.69. The molecule has 2 heterocycles. The molecule has 0 spiro atoms. The first kappa shape index (κ1) is 14.2. The first-order chi connectivity index (χ1) is 10.1. The lowest BCUT2D eigenvalue weighted by Gasteiger charge is -2.39. The molecular formula is C17H21N3O. The highest BCUT2D eigenvalue weighted by molar-refractivity contribution is 6.04. The monoisotopic (exact) mass is 283 g/mol. The smallest absolute Gasteiger partial charge is 0.184 e. The molecule has 0 unspecified atom stereocenters. The highest BCUT2D eigenvalue weighted by Gasteiger charge is 2.35. The number of para-hydroxylation sites is 1. The third-order valence-electron chi connectivity index (χ3n) is 4.32. The Morgan fingerprint density at radius 1 is 1.24 bits per heavy atom. The van der Waals surface area contributed by atoms with Crippen molar-refractivity contribution in [2.24, 2.45) is 0 Å². The maximum absolute atomic E-state index is 12.9. The van der Waals surface area contributed by atoms with Crippen molar-refractivity contribution in [1.82, 2.24) is 15.2 Å². The Morgan fingerprint density at radius 3 is 2.71 bits per heavy atom. The zero-order valence-corrected chi connectivity index (χ0v) is 12.6. The highest BCUT2D eigenvalue weighted by Crippen LogP contribution is 2.22. The SMILES string of the molecule is CC(C)(C(=O)c1cnc2ccccc2c1)N1CCNCC1. The van der Waals surface area contributed by atoms with E-state index < -0.39 is 5.54 Å². The molecule has 4 nitrogen and oxygen atoms in total. The molecule has 1 aliphatic heterocycles. The van der Waals surface area contributed by atoms with E-state index in [-0.39, 0.29) is 5.78 Å². The van der Waals surface area contributed by atoms with Crippen LogP contribution in [0.15, 0.2) is 36.5 Å². The number of rotatable bonds is 3. The van der Waals surface area contributed by atoms with E-state index in [0.717, 1.165) is 37.1 Å². The van der Waals surface area contributed by atoms with Crippen molar-refractivity contribution in [3.63, 3.8) is 0 Å². The standard InChI is InChI=1S/C17H21N3O/c1-17(2,20-9-7-18-8-10-20)16(21)14-11-13-5-3-4-6-15(13)19-12-14/h3-6,11-12,18H,7-10H2,1-2H3. The van der Waals surface area contributed by atoms with Crippen LogP contribution in [0.5, 0.6) is 0 Å². The Kier molecular flexibility index (Phi) is 3.74. The molecule has 0 radical (unpaired) electrons. The van der Waals surface area contributed by atoms with Crippen LogP contribution in [0.3, 0.4) is 0 Å². The van der Waals surface area contributed by atoms with Crippen LogP contribution in [0.4, 0.5) is 0 Å². The second-order valence-corrected chi connectivity index (χ2v) is 6.04. The van der Waals surface area contributed by atoms with Gasteiger partial charge in [0.05, 0.1) is 11.1 Å². The summed E-state index contributed by atoms with van der Waals surface area (Å²) in [5.41, 5.74) is 1.12. The topological polar surface area (TPSA) is 45.2 Å². The van der Waals surface area contributed by atoms with Crippen molar-refractivity contribution in [3.05, 3.63) is 42.1 Å². The minimum atomic E-state index is -0.494. The summed E-state index contributed by atoms with van der Waals surface area (Å²) < 4.78 is 0. The Hall–Kier alpha value is -1.78. The van der Waals surface area contributed by atoms with Crippen LogP contribution < -0.4 is 5.32 Å². The number of pyridine rings is 1. The van der Waals surface area contributed by atoms with Gasteiger partial charge in [0.15, 0.2) is 5.78 Å². The average Bonchev–Trinajstić information content (AvgIpc) is 2.54. The van der Waals surface area contributed by atoms with Gasteiger partial charge >= 0.3 is 0 Å². The summed E-state index contributed by atoms with van der Waals surface area (Å²) in [7, 11) is 0. The number of carbonyl (C=O) groups excluding carboxylic acids is 1. The summed E-state index contributed by atoms with van der Waals surface area (Å²) >= 11 is 0. The van der Waals surface area contributed by atoms with E-state index in [1.165, 1.54) is 0 Å². The summed E-state index contributed by atoms with van der Waals surface area (Å²) in [5, 5.41) is 4.34. The normalized spacial score (nSPS) is 17.0. The molecule has 1 fully saturated rings. The Labute approximate surface area is 125 Å². The molecule has 0 aliphatic carbocycles. The summed E-state index contributed by atoms with van der Waals surface area (Å²) in [6.45, 7) is 7.70. The molecule has 1 aliphatic rings. The van der Waals surface area contributed by atoms with E-state index >= 15 is 0 Å². The number of aromatic nitrogens is 1. The number of hydrogen-bond donors (Lipinski definition) is 1. The van der Waals surface area contributed by atoms with Gasteiger partial charge in [-0.25, -0.2) is 0 Å². The van der Waals surface area contributed by atoms with E-state index in [2.05, 4.69) is 15.2 Å². The van der Waals surface area contributed by atoms with Crippen molar-refractivity contribution in [2.45, 2.75) is 19.4 Å². The number of Topliss-reactive ketones (excluding diaryl/α,β-unsaturated/α-hetero) is 1. The summed E-state index contributed by atoms with van der Waals surface area (Å²) in [4.78, 5) is 19.6. The molecular weight excluding hydrogens is 262 g/mol. The quantitative estimate of drug-likeness (QED) is 0.876. The second kappa shape index (κ2) is 5.54. The van der Waals surface area contributed by atoms with Gasteiger partial charge in [-0.05, 0) is 26.0 Å². The van der Waals surface area contributed by atoms with E-state index in [4.69, 9.17) is 0 Å². The zero-order valence-electron chi connectivity index (χ0n) is 12.6. The van der Waals surface area contributed by atoms with Gasteiger partial charge in [-0.15, -0.1) is 0 Å². The molecule has 0 bridgehead atoms. The molecule has 1 aromatic heterocycles. The number of carbonyl (C=O) groups is 1. The maximum Gasteiger partial charge on any atom is 0.184 e. The third-order valence-corrected chi connectivity index (χ3v) is 4.32. The van der Waals surface area contributed by atoms with Crippen LogP contribution in [-0.4, -0.2) is 47.4 Å².